The Bertz CT molecular complexity index is 1060. The van der Waals surface area contributed by atoms with Crippen molar-refractivity contribution in [1.29, 1.82) is 0 Å². The Kier molecular flexibility index (Phi) is 1.38. The molecule has 5 aromatic rings. The van der Waals surface area contributed by atoms with E-state index in [0.717, 1.165) is 22.1 Å². The van der Waals surface area contributed by atoms with Gasteiger partial charge in [-0.25, -0.2) is 0 Å². The molecular formula is C16H10N2O. The molecular weight excluding hydrogens is 236 g/mol. The summed E-state index contributed by atoms with van der Waals surface area (Å²) in [5, 5.41) is 15.8. The van der Waals surface area contributed by atoms with Crippen LogP contribution in [-0.2, 0) is 0 Å². The highest BCUT2D eigenvalue weighted by Gasteiger charge is 2.15. The second-order valence-corrected chi connectivity index (χ2v) is 5.05. The second-order valence-electron chi connectivity index (χ2n) is 5.05. The van der Waals surface area contributed by atoms with E-state index in [1.165, 1.54) is 21.5 Å². The van der Waals surface area contributed by atoms with E-state index in [9.17, 15) is 5.11 Å². The molecule has 2 aromatic heterocycles. The summed E-state index contributed by atoms with van der Waals surface area (Å²) < 4.78 is 0. The fourth-order valence-electron chi connectivity index (χ4n) is 3.22. The van der Waals surface area contributed by atoms with Gasteiger partial charge in [-0.2, -0.15) is 0 Å². The van der Waals surface area contributed by atoms with Gasteiger partial charge in [0.15, 0.2) is 0 Å². The Morgan fingerprint density at radius 2 is 1.74 bits per heavy atom. The molecule has 0 saturated carbocycles. The molecule has 0 spiro atoms. The summed E-state index contributed by atoms with van der Waals surface area (Å²) in [5.41, 5.74) is 3.31. The summed E-state index contributed by atoms with van der Waals surface area (Å²) >= 11 is 0. The Balaban J connectivity index is 2.27. The number of benzene rings is 1. The Labute approximate surface area is 107 Å². The zero-order valence-electron chi connectivity index (χ0n) is 9.99. The molecule has 19 heavy (non-hydrogen) atoms. The van der Waals surface area contributed by atoms with Gasteiger partial charge < -0.3 is 15.1 Å². The molecule has 3 heteroatoms. The first kappa shape index (κ1) is 9.28. The largest absolute Gasteiger partial charge is 0.508 e. The average molecular weight is 246 g/mol. The normalized spacial score (nSPS) is 12.4. The van der Waals surface area contributed by atoms with Gasteiger partial charge >= 0.3 is 0 Å². The van der Waals surface area contributed by atoms with Crippen molar-refractivity contribution in [2.24, 2.45) is 0 Å². The Morgan fingerprint density at radius 3 is 2.68 bits per heavy atom. The first-order chi connectivity index (χ1) is 9.31. The van der Waals surface area contributed by atoms with Crippen LogP contribution in [0.2, 0.25) is 0 Å². The third-order valence-electron chi connectivity index (χ3n) is 3.98. The van der Waals surface area contributed by atoms with Gasteiger partial charge in [0.25, 0.3) is 0 Å². The zero-order valence-corrected chi connectivity index (χ0v) is 9.99. The highest BCUT2D eigenvalue weighted by atomic mass is 16.3. The van der Waals surface area contributed by atoms with Crippen LogP contribution in [-0.4, -0.2) is 15.1 Å². The van der Waals surface area contributed by atoms with E-state index in [4.69, 9.17) is 0 Å². The molecule has 0 amide bonds. The summed E-state index contributed by atoms with van der Waals surface area (Å²) in [5.74, 6) is 0.297. The number of aromatic amines is 2. The maximum absolute atomic E-state index is 9.84. The van der Waals surface area contributed by atoms with Gasteiger partial charge in [-0.1, -0.05) is 18.2 Å². The summed E-state index contributed by atoms with van der Waals surface area (Å²) in [4.78, 5) is 6.75. The first-order valence-corrected chi connectivity index (χ1v) is 6.28. The van der Waals surface area contributed by atoms with E-state index in [-0.39, 0.29) is 0 Å². The van der Waals surface area contributed by atoms with Crippen LogP contribution in [0.5, 0.6) is 5.75 Å². The predicted octanol–water partition coefficient (Wildman–Crippen LogP) is 4.10. The maximum atomic E-state index is 9.84. The number of aromatic nitrogens is 2. The quantitative estimate of drug-likeness (QED) is 0.378. The van der Waals surface area contributed by atoms with Crippen molar-refractivity contribution in [1.82, 2.24) is 9.97 Å². The van der Waals surface area contributed by atoms with Gasteiger partial charge in [0.1, 0.15) is 11.4 Å². The number of aromatic hydroxyl groups is 1. The van der Waals surface area contributed by atoms with Crippen molar-refractivity contribution in [2.75, 3.05) is 0 Å². The van der Waals surface area contributed by atoms with Crippen LogP contribution in [0.4, 0.5) is 0 Å². The molecule has 0 aliphatic rings. The van der Waals surface area contributed by atoms with Crippen LogP contribution < -0.4 is 0 Å². The zero-order chi connectivity index (χ0) is 12.6. The maximum Gasteiger partial charge on any atom is 0.116 e. The number of H-pyrrole nitrogens is 2. The van der Waals surface area contributed by atoms with Crippen molar-refractivity contribution in [3.63, 3.8) is 0 Å². The van der Waals surface area contributed by atoms with Crippen LogP contribution in [0.15, 0.2) is 42.5 Å². The fourth-order valence-corrected chi connectivity index (χ4v) is 3.22. The fraction of sp³-hybridized carbons (Fsp3) is 0. The average Bonchev–Trinajstić information content (AvgIpc) is 2.83. The molecule has 0 aliphatic carbocycles. The molecule has 90 valence electrons. The molecule has 0 aliphatic heterocycles. The number of hydrogen-bond acceptors (Lipinski definition) is 1. The SMILES string of the molecule is Oc1cccc2c(c1)c1ccc3[nH]c4cc2c1c3[nH]4. The highest BCUT2D eigenvalue weighted by Crippen LogP contribution is 2.40. The van der Waals surface area contributed by atoms with Crippen LogP contribution in [0.25, 0.3) is 43.6 Å². The van der Waals surface area contributed by atoms with Crippen molar-refractivity contribution in [3.05, 3.63) is 42.5 Å². The van der Waals surface area contributed by atoms with Gasteiger partial charge in [-0.3, -0.25) is 0 Å². The van der Waals surface area contributed by atoms with Gasteiger partial charge in [0.2, 0.25) is 0 Å². The molecule has 0 atom stereocenters. The lowest BCUT2D eigenvalue weighted by Gasteiger charge is -1.96. The molecule has 2 bridgehead atoms. The smallest absolute Gasteiger partial charge is 0.116 e. The molecule has 0 fully saturated rings. The number of rotatable bonds is 0. The second kappa shape index (κ2) is 2.83. The summed E-state index contributed by atoms with van der Waals surface area (Å²) in [6.07, 6.45) is 0. The molecule has 3 nitrogen and oxygen atoms in total. The summed E-state index contributed by atoms with van der Waals surface area (Å²) in [7, 11) is 0. The minimum absolute atomic E-state index is 0.297. The van der Waals surface area contributed by atoms with Crippen LogP contribution >= 0.6 is 0 Å². The molecule has 0 radical (unpaired) electrons. The van der Waals surface area contributed by atoms with Gasteiger partial charge in [0, 0.05) is 5.39 Å². The molecule has 0 unspecified atom stereocenters. The van der Waals surface area contributed by atoms with E-state index in [0.29, 0.717) is 5.75 Å². The van der Waals surface area contributed by atoms with E-state index >= 15 is 0 Å². The van der Waals surface area contributed by atoms with E-state index in [2.05, 4.69) is 34.2 Å². The van der Waals surface area contributed by atoms with Crippen molar-refractivity contribution in [3.8, 4) is 5.75 Å². The number of imidazole rings is 1. The number of nitrogens with one attached hydrogen (secondary N) is 2. The van der Waals surface area contributed by atoms with E-state index in [1.54, 1.807) is 6.07 Å². The van der Waals surface area contributed by atoms with E-state index in [1.807, 2.05) is 12.1 Å². The molecule has 3 aromatic carbocycles. The summed E-state index contributed by atoms with van der Waals surface area (Å²) in [6, 6.07) is 13.9. The van der Waals surface area contributed by atoms with E-state index < -0.39 is 0 Å². The summed E-state index contributed by atoms with van der Waals surface area (Å²) in [6.45, 7) is 0. The van der Waals surface area contributed by atoms with Crippen molar-refractivity contribution in [2.45, 2.75) is 0 Å². The van der Waals surface area contributed by atoms with Crippen LogP contribution in [0, 0.1) is 0 Å². The number of pyridine rings is 1. The molecule has 5 rings (SSSR count). The topological polar surface area (TPSA) is 51.8 Å². The van der Waals surface area contributed by atoms with Crippen LogP contribution in [0.3, 0.4) is 0 Å². The molecule has 2 heterocycles. The lowest BCUT2D eigenvalue weighted by molar-refractivity contribution is 0.476. The first-order valence-electron chi connectivity index (χ1n) is 6.28. The third kappa shape index (κ3) is 0.993. The number of hydrogen-bond donors (Lipinski definition) is 3. The lowest BCUT2D eigenvalue weighted by atomic mass is 10.1. The Hall–Kier alpha value is -2.68. The van der Waals surface area contributed by atoms with Crippen LogP contribution in [0.1, 0.15) is 0 Å². The predicted molar refractivity (Wildman–Crippen MR) is 78.0 cm³/mol. The Morgan fingerprint density at radius 1 is 0.789 bits per heavy atom. The molecule has 3 N–H and O–H groups in total. The minimum Gasteiger partial charge on any atom is -0.508 e. The third-order valence-corrected chi connectivity index (χ3v) is 3.98. The standard InChI is InChI=1S/C16H10N2O/c19-8-2-1-3-9-11(6-8)10-4-5-13-16-15(10)12(9)7-14(17-13)18-16/h1-7,17-19H. The van der Waals surface area contributed by atoms with Crippen molar-refractivity contribution >= 4 is 43.6 Å². The van der Waals surface area contributed by atoms with Crippen molar-refractivity contribution < 1.29 is 5.11 Å². The van der Waals surface area contributed by atoms with Gasteiger partial charge in [0.05, 0.1) is 11.0 Å². The highest BCUT2D eigenvalue weighted by molar-refractivity contribution is 6.32. The molecule has 0 saturated heterocycles. The number of fused-ring (bicyclic) bond motifs is 4. The van der Waals surface area contributed by atoms with Gasteiger partial charge in [-0.05, 0) is 45.8 Å². The van der Waals surface area contributed by atoms with Gasteiger partial charge in [-0.15, -0.1) is 0 Å². The monoisotopic (exact) mass is 246 g/mol. The lowest BCUT2D eigenvalue weighted by Crippen LogP contribution is -1.73. The minimum atomic E-state index is 0.297.